The molecule has 0 saturated carbocycles. The Kier molecular flexibility index (Phi) is 7.94. The zero-order chi connectivity index (χ0) is 30.1. The number of furan rings is 1. The van der Waals surface area contributed by atoms with E-state index in [1.807, 2.05) is 48.5 Å². The van der Waals surface area contributed by atoms with Crippen molar-refractivity contribution < 1.29 is 18.7 Å². The van der Waals surface area contributed by atoms with Gasteiger partial charge in [0.1, 0.15) is 23.3 Å². The standard InChI is InChI=1S/C33H34N4O5S/c1-20-14-16-36(17-15-20)28-13-11-24(42-28)19-27-32(39)37-30(25-12-10-23(40-3)18-26(25)41-4)29(21(2)34-33(37)43-27)31(38)35-22-8-6-5-7-9-22/h5-13,18-20,30H,14-17H2,1-4H3,(H,35,38)/b27-19+/t30-/m1/s1. The van der Waals surface area contributed by atoms with Crippen molar-refractivity contribution in [3.8, 4) is 11.5 Å². The fraction of sp³-hybridized carbons (Fsp3) is 0.303. The Labute approximate surface area is 253 Å². The summed E-state index contributed by atoms with van der Waals surface area (Å²) < 4.78 is 19.3. The van der Waals surface area contributed by atoms with Gasteiger partial charge in [-0.05, 0) is 56.0 Å². The third kappa shape index (κ3) is 5.62. The number of anilines is 2. The van der Waals surface area contributed by atoms with Crippen LogP contribution in [-0.4, -0.2) is 37.8 Å². The SMILES string of the molecule is COc1ccc([C@@H]2C(C(=O)Nc3ccccc3)=C(C)N=c3s/c(=C/c4ccc(N5CCC(C)CC5)o4)c(=O)n32)c(OC)c1. The van der Waals surface area contributed by atoms with Crippen LogP contribution in [0, 0.1) is 5.92 Å². The van der Waals surface area contributed by atoms with Crippen molar-refractivity contribution >= 4 is 34.9 Å². The molecule has 1 saturated heterocycles. The smallest absolute Gasteiger partial charge is 0.271 e. The largest absolute Gasteiger partial charge is 0.497 e. The molecule has 0 spiro atoms. The minimum atomic E-state index is -0.787. The summed E-state index contributed by atoms with van der Waals surface area (Å²) in [5.74, 6) is 2.85. The molecule has 4 aromatic rings. The van der Waals surface area contributed by atoms with Gasteiger partial charge in [0.15, 0.2) is 10.7 Å². The number of benzene rings is 2. The van der Waals surface area contributed by atoms with Crippen LogP contribution in [0.5, 0.6) is 11.5 Å². The molecule has 4 heterocycles. The van der Waals surface area contributed by atoms with E-state index in [2.05, 4.69) is 17.1 Å². The lowest BCUT2D eigenvalue weighted by molar-refractivity contribution is -0.113. The Morgan fingerprint density at radius 3 is 2.56 bits per heavy atom. The molecular weight excluding hydrogens is 564 g/mol. The summed E-state index contributed by atoms with van der Waals surface area (Å²) in [7, 11) is 3.13. The lowest BCUT2D eigenvalue weighted by Crippen LogP contribution is -2.40. The van der Waals surface area contributed by atoms with E-state index in [9.17, 15) is 9.59 Å². The zero-order valence-corrected chi connectivity index (χ0v) is 25.4. The van der Waals surface area contributed by atoms with Crippen LogP contribution in [0.3, 0.4) is 0 Å². The number of rotatable bonds is 7. The lowest BCUT2D eigenvalue weighted by atomic mass is 9.94. The number of hydrogen-bond acceptors (Lipinski definition) is 8. The molecule has 0 bridgehead atoms. The number of amides is 1. The van der Waals surface area contributed by atoms with E-state index in [1.165, 1.54) is 11.3 Å². The van der Waals surface area contributed by atoms with Crippen molar-refractivity contribution in [1.82, 2.24) is 4.57 Å². The maximum Gasteiger partial charge on any atom is 0.271 e. The third-order valence-corrected chi connectivity index (χ3v) is 9.00. The van der Waals surface area contributed by atoms with Gasteiger partial charge < -0.3 is 24.1 Å². The van der Waals surface area contributed by atoms with Crippen LogP contribution in [0.2, 0.25) is 0 Å². The van der Waals surface area contributed by atoms with Crippen molar-refractivity contribution in [1.29, 1.82) is 0 Å². The molecule has 1 N–H and O–H groups in total. The van der Waals surface area contributed by atoms with Crippen LogP contribution >= 0.6 is 11.3 Å². The molecule has 43 heavy (non-hydrogen) atoms. The molecule has 2 aliphatic heterocycles. The van der Waals surface area contributed by atoms with Gasteiger partial charge in [-0.3, -0.25) is 14.2 Å². The van der Waals surface area contributed by atoms with E-state index < -0.39 is 6.04 Å². The van der Waals surface area contributed by atoms with Crippen molar-refractivity contribution in [3.63, 3.8) is 0 Å². The molecule has 0 unspecified atom stereocenters. The first-order valence-corrected chi connectivity index (χ1v) is 15.1. The van der Waals surface area contributed by atoms with Crippen molar-refractivity contribution in [2.45, 2.75) is 32.7 Å². The number of nitrogens with zero attached hydrogens (tertiary/aromatic N) is 3. The van der Waals surface area contributed by atoms with Gasteiger partial charge in [0.25, 0.3) is 11.5 Å². The van der Waals surface area contributed by atoms with Gasteiger partial charge in [-0.1, -0.05) is 36.5 Å². The first kappa shape index (κ1) is 28.5. The highest BCUT2D eigenvalue weighted by atomic mass is 32.1. The fourth-order valence-corrected chi connectivity index (χ4v) is 6.64. The van der Waals surface area contributed by atoms with Gasteiger partial charge in [0, 0.05) is 42.5 Å². The molecule has 0 aliphatic carbocycles. The number of thiazole rings is 1. The molecule has 9 nitrogen and oxygen atoms in total. The van der Waals surface area contributed by atoms with E-state index in [-0.39, 0.29) is 11.5 Å². The average Bonchev–Trinajstić information content (AvgIpc) is 3.61. The average molecular weight is 599 g/mol. The molecule has 1 atom stereocenters. The number of carbonyl (C=O) groups excluding carboxylic acids is 1. The van der Waals surface area contributed by atoms with Crippen molar-refractivity contribution in [2.24, 2.45) is 10.9 Å². The van der Waals surface area contributed by atoms with Crippen LogP contribution in [0.1, 0.15) is 44.1 Å². The summed E-state index contributed by atoms with van der Waals surface area (Å²) in [5, 5.41) is 2.97. The number of carbonyl (C=O) groups is 1. The molecule has 1 amide bonds. The maximum atomic E-state index is 14.1. The predicted octanol–water partition coefficient (Wildman–Crippen LogP) is 4.72. The number of allylic oxidation sites excluding steroid dienone is 1. The van der Waals surface area contributed by atoms with Crippen molar-refractivity contribution in [2.75, 3.05) is 37.5 Å². The maximum absolute atomic E-state index is 14.1. The third-order valence-electron chi connectivity index (χ3n) is 8.01. The number of methoxy groups -OCH3 is 2. The molecular formula is C33H34N4O5S. The molecule has 2 aromatic heterocycles. The Morgan fingerprint density at radius 2 is 1.84 bits per heavy atom. The van der Waals surface area contributed by atoms with E-state index in [0.29, 0.717) is 55.0 Å². The van der Waals surface area contributed by atoms with Gasteiger partial charge in [0.2, 0.25) is 0 Å². The highest BCUT2D eigenvalue weighted by molar-refractivity contribution is 7.07. The first-order valence-electron chi connectivity index (χ1n) is 14.3. The second-order valence-electron chi connectivity index (χ2n) is 10.9. The van der Waals surface area contributed by atoms with Crippen LogP contribution in [-0.2, 0) is 4.79 Å². The minimum absolute atomic E-state index is 0.270. The van der Waals surface area contributed by atoms with Crippen molar-refractivity contribution in [3.05, 3.63) is 103 Å². The first-order chi connectivity index (χ1) is 20.9. The minimum Gasteiger partial charge on any atom is -0.497 e. The molecule has 6 rings (SSSR count). The molecule has 0 radical (unpaired) electrons. The second-order valence-corrected chi connectivity index (χ2v) is 11.9. The Morgan fingerprint density at radius 1 is 1.07 bits per heavy atom. The summed E-state index contributed by atoms with van der Waals surface area (Å²) in [4.78, 5) is 35.4. The molecule has 222 valence electrons. The zero-order valence-electron chi connectivity index (χ0n) is 24.6. The number of fused-ring (bicyclic) bond motifs is 1. The van der Waals surface area contributed by atoms with Gasteiger partial charge in [-0.2, -0.15) is 0 Å². The Balaban J connectivity index is 1.45. The number of piperidine rings is 1. The number of para-hydroxylation sites is 1. The van der Waals surface area contributed by atoms with Gasteiger partial charge in [-0.15, -0.1) is 0 Å². The molecule has 1 fully saturated rings. The summed E-state index contributed by atoms with van der Waals surface area (Å²) >= 11 is 1.27. The number of nitrogens with one attached hydrogen (secondary N) is 1. The summed E-state index contributed by atoms with van der Waals surface area (Å²) in [5.41, 5.74) is 1.88. The van der Waals surface area contributed by atoms with Gasteiger partial charge in [0.05, 0.1) is 30.0 Å². The monoisotopic (exact) mass is 598 g/mol. The van der Waals surface area contributed by atoms with E-state index >= 15 is 0 Å². The van der Waals surface area contributed by atoms with E-state index in [4.69, 9.17) is 18.9 Å². The van der Waals surface area contributed by atoms with Crippen LogP contribution < -0.4 is 34.6 Å². The Bertz CT molecular complexity index is 1860. The highest BCUT2D eigenvalue weighted by Gasteiger charge is 2.34. The van der Waals surface area contributed by atoms with E-state index in [0.717, 1.165) is 31.8 Å². The molecule has 2 aromatic carbocycles. The highest BCUT2D eigenvalue weighted by Crippen LogP contribution is 2.37. The molecule has 10 heteroatoms. The van der Waals surface area contributed by atoms with Gasteiger partial charge in [-0.25, -0.2) is 4.99 Å². The Hall–Kier alpha value is -4.57. The number of aromatic nitrogens is 1. The number of ether oxygens (including phenoxy) is 2. The molecule has 2 aliphatic rings. The van der Waals surface area contributed by atoms with Crippen LogP contribution in [0.25, 0.3) is 6.08 Å². The summed E-state index contributed by atoms with van der Waals surface area (Å²) in [6.07, 6.45) is 4.01. The van der Waals surface area contributed by atoms with Crippen LogP contribution in [0.4, 0.5) is 11.6 Å². The quantitative estimate of drug-likeness (QED) is 0.331. The predicted molar refractivity (Wildman–Crippen MR) is 168 cm³/mol. The summed E-state index contributed by atoms with van der Waals surface area (Å²) in [6, 6.07) is 17.6. The lowest BCUT2D eigenvalue weighted by Gasteiger charge is -2.29. The second kappa shape index (κ2) is 12.0. The topological polar surface area (TPSA) is 98.3 Å². The fourth-order valence-electron chi connectivity index (χ4n) is 5.62. The van der Waals surface area contributed by atoms with Crippen LogP contribution in [0.15, 0.2) is 86.1 Å². The summed E-state index contributed by atoms with van der Waals surface area (Å²) in [6.45, 7) is 5.97. The van der Waals surface area contributed by atoms with E-state index in [1.54, 1.807) is 43.9 Å². The number of hydrogen-bond donors (Lipinski definition) is 1. The van der Waals surface area contributed by atoms with Gasteiger partial charge >= 0.3 is 0 Å². The normalized spacial score (nSPS) is 17.4.